The van der Waals surface area contributed by atoms with Crippen LogP contribution in [0.25, 0.3) is 0 Å². The van der Waals surface area contributed by atoms with E-state index in [0.29, 0.717) is 22.4 Å². The molecule has 0 spiro atoms. The Labute approximate surface area is 132 Å². The molecule has 0 aliphatic carbocycles. The molecular formula is C15H16N4O2S. The summed E-state index contributed by atoms with van der Waals surface area (Å²) in [6.45, 7) is 5.00. The molecule has 0 aliphatic heterocycles. The molecule has 0 atom stereocenters. The number of carbonyl (C=O) groups is 1. The van der Waals surface area contributed by atoms with Gasteiger partial charge in [-0.1, -0.05) is 19.9 Å². The summed E-state index contributed by atoms with van der Waals surface area (Å²) in [7, 11) is 0. The van der Waals surface area contributed by atoms with E-state index in [4.69, 9.17) is 10.00 Å². The zero-order valence-electron chi connectivity index (χ0n) is 12.4. The first kappa shape index (κ1) is 15.9. The fourth-order valence-corrected chi connectivity index (χ4v) is 2.27. The van der Waals surface area contributed by atoms with Gasteiger partial charge in [-0.3, -0.25) is 0 Å². The number of esters is 1. The third kappa shape index (κ3) is 4.53. The van der Waals surface area contributed by atoms with Crippen molar-refractivity contribution in [1.29, 1.82) is 5.26 Å². The van der Waals surface area contributed by atoms with Gasteiger partial charge in [-0.15, -0.1) is 11.3 Å². The predicted molar refractivity (Wildman–Crippen MR) is 83.5 cm³/mol. The number of hydrogen-bond donors (Lipinski definition) is 1. The van der Waals surface area contributed by atoms with E-state index in [1.807, 2.05) is 6.07 Å². The van der Waals surface area contributed by atoms with E-state index in [1.54, 1.807) is 23.6 Å². The average Bonchev–Trinajstić information content (AvgIpc) is 3.00. The summed E-state index contributed by atoms with van der Waals surface area (Å²) in [6, 6.07) is 6.94. The van der Waals surface area contributed by atoms with Crippen LogP contribution in [0.4, 0.5) is 5.13 Å². The highest BCUT2D eigenvalue weighted by atomic mass is 32.1. The van der Waals surface area contributed by atoms with Crippen LogP contribution >= 0.6 is 11.3 Å². The van der Waals surface area contributed by atoms with Gasteiger partial charge >= 0.3 is 5.97 Å². The van der Waals surface area contributed by atoms with Crippen molar-refractivity contribution >= 4 is 22.4 Å². The lowest BCUT2D eigenvalue weighted by Gasteiger charge is -2.04. The van der Waals surface area contributed by atoms with Crippen LogP contribution in [0.5, 0.6) is 0 Å². The minimum absolute atomic E-state index is 0.0145. The third-order valence-electron chi connectivity index (χ3n) is 2.65. The van der Waals surface area contributed by atoms with Gasteiger partial charge in [-0.05, 0) is 18.1 Å². The Balaban J connectivity index is 1.90. The second kappa shape index (κ2) is 7.52. The lowest BCUT2D eigenvalue weighted by molar-refractivity contribution is 0.0462. The number of nitrogens with zero attached hydrogens (tertiary/aromatic N) is 3. The quantitative estimate of drug-likeness (QED) is 0.824. The highest BCUT2D eigenvalue weighted by Gasteiger charge is 2.13. The number of aromatic nitrogens is 2. The molecule has 114 valence electrons. The number of hydrogen-bond acceptors (Lipinski definition) is 7. The molecule has 2 aromatic rings. The van der Waals surface area contributed by atoms with Crippen molar-refractivity contribution in [2.75, 3.05) is 11.9 Å². The van der Waals surface area contributed by atoms with Gasteiger partial charge in [0.15, 0.2) is 10.8 Å². The molecule has 2 aromatic heterocycles. The second-order valence-corrected chi connectivity index (χ2v) is 5.87. The molecule has 1 N–H and O–H groups in total. The van der Waals surface area contributed by atoms with E-state index in [0.717, 1.165) is 6.54 Å². The molecule has 0 radical (unpaired) electrons. The van der Waals surface area contributed by atoms with Crippen molar-refractivity contribution in [2.24, 2.45) is 5.92 Å². The van der Waals surface area contributed by atoms with Gasteiger partial charge < -0.3 is 10.1 Å². The summed E-state index contributed by atoms with van der Waals surface area (Å²) in [4.78, 5) is 20.2. The number of ether oxygens (including phenoxy) is 1. The second-order valence-electron chi connectivity index (χ2n) is 5.01. The Hall–Kier alpha value is -2.46. The maximum Gasteiger partial charge on any atom is 0.358 e. The normalized spacial score (nSPS) is 10.3. The molecule has 0 fully saturated rings. The standard InChI is InChI=1S/C15H16N4O2S/c1-10(2)7-17-15-19-13(9-22-15)14(20)21-8-12-5-3-4-11(6-16)18-12/h3-5,9-10H,7-8H2,1-2H3,(H,17,19). The Morgan fingerprint density at radius 2 is 2.27 bits per heavy atom. The maximum atomic E-state index is 11.9. The molecule has 6 nitrogen and oxygen atoms in total. The van der Waals surface area contributed by atoms with Gasteiger partial charge in [0.2, 0.25) is 0 Å². The van der Waals surface area contributed by atoms with Crippen LogP contribution in [0.2, 0.25) is 0 Å². The summed E-state index contributed by atoms with van der Waals surface area (Å²) in [5.41, 5.74) is 1.09. The highest BCUT2D eigenvalue weighted by molar-refractivity contribution is 7.13. The van der Waals surface area contributed by atoms with Crippen LogP contribution in [-0.4, -0.2) is 22.5 Å². The zero-order chi connectivity index (χ0) is 15.9. The van der Waals surface area contributed by atoms with E-state index < -0.39 is 5.97 Å². The minimum Gasteiger partial charge on any atom is -0.454 e. The van der Waals surface area contributed by atoms with Crippen LogP contribution in [0, 0.1) is 17.2 Å². The fraction of sp³-hybridized carbons (Fsp3) is 0.333. The highest BCUT2D eigenvalue weighted by Crippen LogP contribution is 2.17. The van der Waals surface area contributed by atoms with Gasteiger partial charge in [0.05, 0.1) is 5.69 Å². The SMILES string of the molecule is CC(C)CNc1nc(C(=O)OCc2cccc(C#N)n2)cs1. The van der Waals surface area contributed by atoms with Crippen molar-refractivity contribution in [3.63, 3.8) is 0 Å². The van der Waals surface area contributed by atoms with Crippen LogP contribution in [0.1, 0.15) is 35.7 Å². The lowest BCUT2D eigenvalue weighted by atomic mass is 10.2. The third-order valence-corrected chi connectivity index (χ3v) is 3.45. The Bertz CT molecular complexity index is 691. The molecule has 0 bridgehead atoms. The summed E-state index contributed by atoms with van der Waals surface area (Å²) in [5, 5.41) is 14.3. The first-order chi connectivity index (χ1) is 10.6. The number of nitriles is 1. The molecular weight excluding hydrogens is 300 g/mol. The van der Waals surface area contributed by atoms with Gasteiger partial charge in [-0.25, -0.2) is 14.8 Å². The van der Waals surface area contributed by atoms with Crippen molar-refractivity contribution in [3.05, 3.63) is 40.7 Å². The van der Waals surface area contributed by atoms with Crippen molar-refractivity contribution in [2.45, 2.75) is 20.5 Å². The Kier molecular flexibility index (Phi) is 5.44. The number of pyridine rings is 1. The van der Waals surface area contributed by atoms with Crippen molar-refractivity contribution in [3.8, 4) is 6.07 Å². The summed E-state index contributed by atoms with van der Waals surface area (Å²) < 4.78 is 5.16. The molecule has 0 saturated carbocycles. The van der Waals surface area contributed by atoms with Gasteiger partial charge in [-0.2, -0.15) is 5.26 Å². The number of carbonyl (C=O) groups excluding carboxylic acids is 1. The fourth-order valence-electron chi connectivity index (χ4n) is 1.58. The van der Waals surface area contributed by atoms with Gasteiger partial charge in [0.25, 0.3) is 0 Å². The number of thiazole rings is 1. The van der Waals surface area contributed by atoms with Crippen molar-refractivity contribution < 1.29 is 9.53 Å². The van der Waals surface area contributed by atoms with Crippen molar-refractivity contribution in [1.82, 2.24) is 9.97 Å². The van der Waals surface area contributed by atoms with E-state index in [9.17, 15) is 4.79 Å². The molecule has 0 saturated heterocycles. The number of anilines is 1. The monoisotopic (exact) mass is 316 g/mol. The Morgan fingerprint density at radius 1 is 1.45 bits per heavy atom. The topological polar surface area (TPSA) is 87.9 Å². The predicted octanol–water partition coefficient (Wildman–Crippen LogP) is 2.83. The average molecular weight is 316 g/mol. The van der Waals surface area contributed by atoms with Crippen LogP contribution in [0.3, 0.4) is 0 Å². The molecule has 22 heavy (non-hydrogen) atoms. The smallest absolute Gasteiger partial charge is 0.358 e. The van der Waals surface area contributed by atoms with E-state index >= 15 is 0 Å². The molecule has 0 aliphatic rings. The molecule has 2 rings (SSSR count). The lowest BCUT2D eigenvalue weighted by Crippen LogP contribution is -2.09. The zero-order valence-corrected chi connectivity index (χ0v) is 13.2. The van der Waals surface area contributed by atoms with Crippen LogP contribution < -0.4 is 5.32 Å². The van der Waals surface area contributed by atoms with Gasteiger partial charge in [0.1, 0.15) is 18.4 Å². The summed E-state index contributed by atoms with van der Waals surface area (Å²) >= 11 is 1.37. The van der Waals surface area contributed by atoms with E-state index in [2.05, 4.69) is 29.1 Å². The van der Waals surface area contributed by atoms with E-state index in [-0.39, 0.29) is 12.3 Å². The molecule has 0 amide bonds. The first-order valence-corrected chi connectivity index (χ1v) is 7.69. The maximum absolute atomic E-state index is 11.9. The minimum atomic E-state index is -0.502. The Morgan fingerprint density at radius 3 is 3.00 bits per heavy atom. The molecule has 7 heteroatoms. The largest absolute Gasteiger partial charge is 0.454 e. The molecule has 0 aromatic carbocycles. The van der Waals surface area contributed by atoms with Crippen LogP contribution in [-0.2, 0) is 11.3 Å². The first-order valence-electron chi connectivity index (χ1n) is 6.81. The molecule has 2 heterocycles. The number of rotatable bonds is 6. The summed E-state index contributed by atoms with van der Waals surface area (Å²) in [6.07, 6.45) is 0. The summed E-state index contributed by atoms with van der Waals surface area (Å²) in [5.74, 6) is -0.00389. The van der Waals surface area contributed by atoms with Gasteiger partial charge in [0, 0.05) is 11.9 Å². The van der Waals surface area contributed by atoms with Crippen LogP contribution in [0.15, 0.2) is 23.6 Å². The van der Waals surface area contributed by atoms with E-state index in [1.165, 1.54) is 11.3 Å². The number of nitrogens with one attached hydrogen (secondary N) is 1. The molecule has 0 unspecified atom stereocenters.